The number of thiazole rings is 1. The molecule has 0 saturated heterocycles. The summed E-state index contributed by atoms with van der Waals surface area (Å²) in [4.78, 5) is 4.88. The van der Waals surface area contributed by atoms with Gasteiger partial charge in [0.15, 0.2) is 0 Å². The van der Waals surface area contributed by atoms with Crippen LogP contribution < -0.4 is 5.73 Å². The van der Waals surface area contributed by atoms with E-state index < -0.39 is 0 Å². The van der Waals surface area contributed by atoms with Crippen LogP contribution in [0.1, 0.15) is 43.5 Å². The minimum absolute atomic E-state index is 0.132. The summed E-state index contributed by atoms with van der Waals surface area (Å²) >= 11 is 5.36. The van der Waals surface area contributed by atoms with Gasteiger partial charge in [0.05, 0.1) is 10.2 Å². The smallest absolute Gasteiger partial charge is 0.101 e. The Balaban J connectivity index is 2.04. The first-order valence-corrected chi connectivity index (χ1v) is 8.61. The Hall–Kier alpha value is -0.450. The predicted molar refractivity (Wildman–Crippen MR) is 85.8 cm³/mol. The van der Waals surface area contributed by atoms with E-state index in [1.54, 1.807) is 0 Å². The summed E-state index contributed by atoms with van der Waals surface area (Å²) in [5.41, 5.74) is 7.39. The minimum atomic E-state index is 0.132. The minimum Gasteiger partial charge on any atom is -0.329 e. The van der Waals surface area contributed by atoms with Crippen molar-refractivity contribution in [2.24, 2.45) is 5.73 Å². The van der Waals surface area contributed by atoms with Crippen LogP contribution in [0.3, 0.4) is 0 Å². The van der Waals surface area contributed by atoms with E-state index in [9.17, 15) is 0 Å². The Morgan fingerprint density at radius 1 is 1.21 bits per heavy atom. The summed E-state index contributed by atoms with van der Waals surface area (Å²) in [6.45, 7) is 0.730. The number of rotatable bonds is 2. The summed E-state index contributed by atoms with van der Waals surface area (Å²) in [5.74, 6) is 0. The maximum Gasteiger partial charge on any atom is 0.101 e. The summed E-state index contributed by atoms with van der Waals surface area (Å²) in [5, 5.41) is 1.25. The van der Waals surface area contributed by atoms with Gasteiger partial charge in [-0.2, -0.15) is 0 Å². The van der Waals surface area contributed by atoms with Crippen LogP contribution in [0.2, 0.25) is 0 Å². The lowest BCUT2D eigenvalue weighted by atomic mass is 9.81. The van der Waals surface area contributed by atoms with Crippen molar-refractivity contribution in [2.45, 2.75) is 43.9 Å². The van der Waals surface area contributed by atoms with Gasteiger partial charge in [0.1, 0.15) is 5.01 Å². The fraction of sp³-hybridized carbons (Fsp3) is 0.533. The fourth-order valence-electron chi connectivity index (χ4n) is 3.04. The van der Waals surface area contributed by atoms with E-state index in [0.717, 1.165) is 16.5 Å². The Labute approximate surface area is 126 Å². The van der Waals surface area contributed by atoms with Gasteiger partial charge in [-0.3, -0.25) is 0 Å². The van der Waals surface area contributed by atoms with E-state index in [-0.39, 0.29) is 5.41 Å². The highest BCUT2D eigenvalue weighted by Gasteiger charge is 2.34. The molecule has 3 rings (SSSR count). The molecule has 0 aliphatic heterocycles. The predicted octanol–water partition coefficient (Wildman–Crippen LogP) is 4.61. The second-order valence-electron chi connectivity index (χ2n) is 5.53. The molecular formula is C15H19BrN2S. The van der Waals surface area contributed by atoms with Crippen LogP contribution in [-0.2, 0) is 5.41 Å². The third kappa shape index (κ3) is 2.58. The van der Waals surface area contributed by atoms with E-state index in [1.165, 1.54) is 48.2 Å². The molecule has 0 unspecified atom stereocenters. The molecule has 0 atom stereocenters. The number of hydrogen-bond donors (Lipinski definition) is 1. The van der Waals surface area contributed by atoms with E-state index in [2.05, 4.69) is 34.1 Å². The molecule has 19 heavy (non-hydrogen) atoms. The normalized spacial score (nSPS) is 19.5. The number of fused-ring (bicyclic) bond motifs is 1. The van der Waals surface area contributed by atoms with E-state index in [0.29, 0.717) is 0 Å². The second kappa shape index (κ2) is 5.51. The molecule has 0 amide bonds. The molecule has 2 N–H and O–H groups in total. The standard InChI is InChI=1S/C15H19BrN2S/c16-11-5-6-12-13(9-11)19-14(18-12)15(10-17)7-3-1-2-4-8-15/h5-6,9H,1-4,7-8,10,17H2. The third-order valence-electron chi connectivity index (χ3n) is 4.26. The highest BCUT2D eigenvalue weighted by molar-refractivity contribution is 9.10. The molecule has 0 radical (unpaired) electrons. The summed E-state index contributed by atoms with van der Waals surface area (Å²) in [7, 11) is 0. The van der Waals surface area contributed by atoms with Crippen molar-refractivity contribution < 1.29 is 0 Å². The topological polar surface area (TPSA) is 38.9 Å². The SMILES string of the molecule is NCC1(c2nc3ccc(Br)cc3s2)CCCCCC1. The van der Waals surface area contributed by atoms with Gasteiger partial charge in [-0.05, 0) is 31.0 Å². The maximum atomic E-state index is 6.15. The molecule has 2 nitrogen and oxygen atoms in total. The Bertz CT molecular complexity index is 571. The molecule has 1 aromatic carbocycles. The van der Waals surface area contributed by atoms with E-state index >= 15 is 0 Å². The number of aromatic nitrogens is 1. The van der Waals surface area contributed by atoms with Gasteiger partial charge in [-0.25, -0.2) is 4.98 Å². The zero-order chi connectivity index (χ0) is 13.3. The van der Waals surface area contributed by atoms with Crippen molar-refractivity contribution in [1.82, 2.24) is 4.98 Å². The molecule has 4 heteroatoms. The number of hydrogen-bond acceptors (Lipinski definition) is 3. The number of nitrogens with two attached hydrogens (primary N) is 1. The zero-order valence-corrected chi connectivity index (χ0v) is 13.4. The molecule has 0 bridgehead atoms. The van der Waals surface area contributed by atoms with Crippen LogP contribution in [0, 0.1) is 0 Å². The maximum absolute atomic E-state index is 6.15. The highest BCUT2D eigenvalue weighted by atomic mass is 79.9. The lowest BCUT2D eigenvalue weighted by Crippen LogP contribution is -2.34. The largest absolute Gasteiger partial charge is 0.329 e. The van der Waals surface area contributed by atoms with Gasteiger partial charge in [0, 0.05) is 16.4 Å². The lowest BCUT2D eigenvalue weighted by molar-refractivity contribution is 0.380. The first-order chi connectivity index (χ1) is 9.23. The third-order valence-corrected chi connectivity index (χ3v) is 6.01. The lowest BCUT2D eigenvalue weighted by Gasteiger charge is -2.28. The average molecular weight is 339 g/mol. The molecule has 1 aliphatic carbocycles. The summed E-state index contributed by atoms with van der Waals surface area (Å²) in [6, 6.07) is 6.33. The van der Waals surface area contributed by atoms with Crippen LogP contribution in [0.15, 0.2) is 22.7 Å². The van der Waals surface area contributed by atoms with E-state index in [4.69, 9.17) is 10.7 Å². The molecule has 1 saturated carbocycles. The molecule has 2 aromatic rings. The number of benzene rings is 1. The first-order valence-electron chi connectivity index (χ1n) is 7.00. The van der Waals surface area contributed by atoms with Gasteiger partial charge in [0.25, 0.3) is 0 Å². The average Bonchev–Trinajstić information content (AvgIpc) is 2.69. The van der Waals surface area contributed by atoms with Crippen LogP contribution in [0.5, 0.6) is 0 Å². The molecule has 1 heterocycles. The monoisotopic (exact) mass is 338 g/mol. The molecule has 1 fully saturated rings. The Kier molecular flexibility index (Phi) is 3.92. The summed E-state index contributed by atoms with van der Waals surface area (Å²) in [6.07, 6.45) is 7.67. The highest BCUT2D eigenvalue weighted by Crippen LogP contribution is 2.41. The van der Waals surface area contributed by atoms with Crippen molar-refractivity contribution in [3.05, 3.63) is 27.7 Å². The van der Waals surface area contributed by atoms with Crippen molar-refractivity contribution in [2.75, 3.05) is 6.54 Å². The molecule has 102 valence electrons. The van der Waals surface area contributed by atoms with E-state index in [1.807, 2.05) is 11.3 Å². The Morgan fingerprint density at radius 3 is 2.63 bits per heavy atom. The van der Waals surface area contributed by atoms with Crippen LogP contribution >= 0.6 is 27.3 Å². The number of nitrogens with zero attached hydrogens (tertiary/aromatic N) is 1. The van der Waals surface area contributed by atoms with Crippen LogP contribution in [0.25, 0.3) is 10.2 Å². The van der Waals surface area contributed by atoms with Gasteiger partial charge in [0.2, 0.25) is 0 Å². The van der Waals surface area contributed by atoms with Crippen LogP contribution in [-0.4, -0.2) is 11.5 Å². The molecule has 0 spiro atoms. The fourth-order valence-corrected chi connectivity index (χ4v) is 4.81. The molecular weight excluding hydrogens is 320 g/mol. The van der Waals surface area contributed by atoms with Crippen molar-refractivity contribution in [3.63, 3.8) is 0 Å². The van der Waals surface area contributed by atoms with Gasteiger partial charge in [-0.15, -0.1) is 11.3 Å². The quantitative estimate of drug-likeness (QED) is 0.812. The molecule has 1 aliphatic rings. The van der Waals surface area contributed by atoms with Crippen molar-refractivity contribution in [3.8, 4) is 0 Å². The van der Waals surface area contributed by atoms with Crippen molar-refractivity contribution >= 4 is 37.5 Å². The van der Waals surface area contributed by atoms with Gasteiger partial charge in [-0.1, -0.05) is 41.6 Å². The van der Waals surface area contributed by atoms with Gasteiger partial charge >= 0.3 is 0 Å². The Morgan fingerprint density at radius 2 is 1.95 bits per heavy atom. The van der Waals surface area contributed by atoms with Crippen LogP contribution in [0.4, 0.5) is 0 Å². The number of halogens is 1. The second-order valence-corrected chi connectivity index (χ2v) is 7.48. The van der Waals surface area contributed by atoms with Crippen molar-refractivity contribution in [1.29, 1.82) is 0 Å². The molecule has 1 aromatic heterocycles. The zero-order valence-electron chi connectivity index (χ0n) is 11.0. The first kappa shape index (κ1) is 13.5. The van der Waals surface area contributed by atoms with Gasteiger partial charge < -0.3 is 5.73 Å². The summed E-state index contributed by atoms with van der Waals surface area (Å²) < 4.78 is 2.39.